The van der Waals surface area contributed by atoms with Crippen LogP contribution in [0.15, 0.2) is 41.9 Å². The lowest BCUT2D eigenvalue weighted by molar-refractivity contribution is 0.473. The largest absolute Gasteiger partial charge is 0.356 e. The average molecular weight is 463 g/mol. The van der Waals surface area contributed by atoms with Crippen molar-refractivity contribution < 1.29 is 0 Å². The Kier molecular flexibility index (Phi) is 9.70. The van der Waals surface area contributed by atoms with Crippen LogP contribution in [-0.4, -0.2) is 46.3 Å². The number of nitrogens with zero attached hydrogens (tertiary/aromatic N) is 5. The molecular formula is C16H24ClIN6. The van der Waals surface area contributed by atoms with Crippen LogP contribution in [0.4, 0.5) is 0 Å². The van der Waals surface area contributed by atoms with E-state index in [0.717, 1.165) is 49.0 Å². The maximum Gasteiger partial charge on any atom is 0.193 e. The van der Waals surface area contributed by atoms with Crippen LogP contribution in [0, 0.1) is 0 Å². The fourth-order valence-corrected chi connectivity index (χ4v) is 2.54. The van der Waals surface area contributed by atoms with Gasteiger partial charge in [-0.25, -0.2) is 0 Å². The standard InChI is InChI=1S/C16H23ClN6.HI/c1-18-16(19-8-3-4-9-23-12-20-21-13-23)22(2)11-14-6-5-7-15(17)10-14;/h5-7,10,12-13H,3-4,8-9,11H2,1-2H3,(H,18,19);1H. The molecule has 0 aliphatic heterocycles. The molecule has 8 heteroatoms. The molecule has 0 saturated carbocycles. The lowest BCUT2D eigenvalue weighted by atomic mass is 10.2. The van der Waals surface area contributed by atoms with E-state index < -0.39 is 0 Å². The molecule has 0 aliphatic carbocycles. The zero-order valence-electron chi connectivity index (χ0n) is 14.0. The van der Waals surface area contributed by atoms with Crippen molar-refractivity contribution in [3.05, 3.63) is 47.5 Å². The smallest absolute Gasteiger partial charge is 0.193 e. The number of hydrogen-bond acceptors (Lipinski definition) is 3. The number of guanidine groups is 1. The maximum atomic E-state index is 6.03. The van der Waals surface area contributed by atoms with E-state index >= 15 is 0 Å². The van der Waals surface area contributed by atoms with Crippen LogP contribution in [0.2, 0.25) is 5.02 Å². The molecule has 0 saturated heterocycles. The molecule has 1 heterocycles. The van der Waals surface area contributed by atoms with Crippen LogP contribution in [0.3, 0.4) is 0 Å². The van der Waals surface area contributed by atoms with Gasteiger partial charge >= 0.3 is 0 Å². The Morgan fingerprint density at radius 3 is 2.71 bits per heavy atom. The first-order valence-corrected chi connectivity index (χ1v) is 8.05. The monoisotopic (exact) mass is 462 g/mol. The normalized spacial score (nSPS) is 11.0. The third-order valence-corrected chi connectivity index (χ3v) is 3.71. The molecule has 1 N–H and O–H groups in total. The van der Waals surface area contributed by atoms with Crippen LogP contribution in [-0.2, 0) is 13.1 Å². The highest BCUT2D eigenvalue weighted by molar-refractivity contribution is 14.0. The molecule has 0 radical (unpaired) electrons. The molecule has 0 aliphatic rings. The molecular weight excluding hydrogens is 439 g/mol. The van der Waals surface area contributed by atoms with Gasteiger partial charge in [0.05, 0.1) is 0 Å². The fraction of sp³-hybridized carbons (Fsp3) is 0.438. The number of rotatable bonds is 7. The zero-order chi connectivity index (χ0) is 16.5. The Morgan fingerprint density at radius 1 is 1.29 bits per heavy atom. The Morgan fingerprint density at radius 2 is 2.04 bits per heavy atom. The summed E-state index contributed by atoms with van der Waals surface area (Å²) < 4.78 is 1.99. The predicted octanol–water partition coefficient (Wildman–Crippen LogP) is 3.04. The topological polar surface area (TPSA) is 58.3 Å². The van der Waals surface area contributed by atoms with Crippen LogP contribution in [0.25, 0.3) is 0 Å². The van der Waals surface area contributed by atoms with Crippen molar-refractivity contribution in [3.63, 3.8) is 0 Å². The van der Waals surface area contributed by atoms with Crippen molar-refractivity contribution in [2.45, 2.75) is 25.9 Å². The summed E-state index contributed by atoms with van der Waals surface area (Å²) in [7, 11) is 3.82. The van der Waals surface area contributed by atoms with Crippen molar-refractivity contribution in [2.24, 2.45) is 4.99 Å². The fourth-order valence-electron chi connectivity index (χ4n) is 2.33. The van der Waals surface area contributed by atoms with Crippen LogP contribution in [0.1, 0.15) is 18.4 Å². The second-order valence-electron chi connectivity index (χ2n) is 5.37. The van der Waals surface area contributed by atoms with Crippen molar-refractivity contribution in [3.8, 4) is 0 Å². The molecule has 0 amide bonds. The van der Waals surface area contributed by atoms with E-state index in [1.54, 1.807) is 19.7 Å². The third-order valence-electron chi connectivity index (χ3n) is 3.47. The van der Waals surface area contributed by atoms with Crippen molar-refractivity contribution in [1.29, 1.82) is 0 Å². The number of aliphatic imine (C=N–C) groups is 1. The third kappa shape index (κ3) is 7.04. The van der Waals surface area contributed by atoms with E-state index in [0.29, 0.717) is 0 Å². The number of nitrogens with one attached hydrogen (secondary N) is 1. The molecule has 6 nitrogen and oxygen atoms in total. The van der Waals surface area contributed by atoms with Gasteiger partial charge in [-0.05, 0) is 30.5 Å². The molecule has 24 heavy (non-hydrogen) atoms. The molecule has 0 unspecified atom stereocenters. The lowest BCUT2D eigenvalue weighted by Crippen LogP contribution is -2.38. The maximum absolute atomic E-state index is 6.03. The van der Waals surface area contributed by atoms with Gasteiger partial charge in [0.2, 0.25) is 0 Å². The minimum Gasteiger partial charge on any atom is -0.356 e. The lowest BCUT2D eigenvalue weighted by Gasteiger charge is -2.22. The minimum absolute atomic E-state index is 0. The van der Waals surface area contributed by atoms with E-state index in [-0.39, 0.29) is 24.0 Å². The van der Waals surface area contributed by atoms with E-state index in [1.807, 2.05) is 29.8 Å². The second kappa shape index (κ2) is 11.2. The van der Waals surface area contributed by atoms with Gasteiger partial charge in [0.25, 0.3) is 0 Å². The second-order valence-corrected chi connectivity index (χ2v) is 5.80. The number of benzene rings is 1. The Hall–Kier alpha value is -1.35. The molecule has 132 valence electrons. The zero-order valence-corrected chi connectivity index (χ0v) is 17.1. The molecule has 2 aromatic rings. The van der Waals surface area contributed by atoms with E-state index in [2.05, 4.69) is 31.5 Å². The highest BCUT2D eigenvalue weighted by Crippen LogP contribution is 2.12. The van der Waals surface area contributed by atoms with Gasteiger partial charge in [0, 0.05) is 38.8 Å². The SMILES string of the molecule is CN=C(NCCCCn1cnnc1)N(C)Cc1cccc(Cl)c1.I. The molecule has 0 atom stereocenters. The first-order valence-electron chi connectivity index (χ1n) is 7.67. The summed E-state index contributed by atoms with van der Waals surface area (Å²) in [6.07, 6.45) is 5.61. The predicted molar refractivity (Wildman–Crippen MR) is 109 cm³/mol. The number of aryl methyl sites for hydroxylation is 1. The Bertz CT molecular complexity index is 617. The summed E-state index contributed by atoms with van der Waals surface area (Å²) in [6.45, 7) is 2.58. The number of hydrogen-bond donors (Lipinski definition) is 1. The van der Waals surface area contributed by atoms with Gasteiger partial charge in [-0.3, -0.25) is 4.99 Å². The molecule has 1 aromatic carbocycles. The van der Waals surface area contributed by atoms with Crippen LogP contribution < -0.4 is 5.32 Å². The average Bonchev–Trinajstić information content (AvgIpc) is 3.04. The molecule has 0 bridgehead atoms. The summed E-state index contributed by atoms with van der Waals surface area (Å²) >= 11 is 6.03. The van der Waals surface area contributed by atoms with Gasteiger partial charge in [-0.2, -0.15) is 0 Å². The summed E-state index contributed by atoms with van der Waals surface area (Å²) in [5, 5.41) is 11.7. The van der Waals surface area contributed by atoms with Gasteiger partial charge < -0.3 is 14.8 Å². The number of halogens is 2. The summed E-state index contributed by atoms with van der Waals surface area (Å²) in [5.74, 6) is 0.884. The van der Waals surface area contributed by atoms with Gasteiger partial charge in [0.1, 0.15) is 12.7 Å². The Balaban J connectivity index is 0.00000288. The highest BCUT2D eigenvalue weighted by atomic mass is 127. The summed E-state index contributed by atoms with van der Waals surface area (Å²) in [4.78, 5) is 6.42. The van der Waals surface area contributed by atoms with Crippen LogP contribution in [0.5, 0.6) is 0 Å². The van der Waals surface area contributed by atoms with Crippen LogP contribution >= 0.6 is 35.6 Å². The summed E-state index contributed by atoms with van der Waals surface area (Å²) in [6, 6.07) is 7.89. The first-order chi connectivity index (χ1) is 11.2. The first kappa shape index (κ1) is 20.7. The van der Waals surface area contributed by atoms with E-state index in [4.69, 9.17) is 11.6 Å². The number of unbranched alkanes of at least 4 members (excludes halogenated alkanes) is 1. The highest BCUT2D eigenvalue weighted by Gasteiger charge is 2.06. The summed E-state index contributed by atoms with van der Waals surface area (Å²) in [5.41, 5.74) is 1.16. The van der Waals surface area contributed by atoms with Gasteiger partial charge in [-0.1, -0.05) is 23.7 Å². The van der Waals surface area contributed by atoms with E-state index in [1.165, 1.54) is 0 Å². The van der Waals surface area contributed by atoms with Crippen molar-refractivity contribution in [2.75, 3.05) is 20.6 Å². The number of aromatic nitrogens is 3. The quantitative estimate of drug-likeness (QED) is 0.297. The molecule has 2 rings (SSSR count). The van der Waals surface area contributed by atoms with Gasteiger partial charge in [0.15, 0.2) is 5.96 Å². The van der Waals surface area contributed by atoms with Crippen molar-refractivity contribution in [1.82, 2.24) is 25.0 Å². The van der Waals surface area contributed by atoms with Crippen molar-refractivity contribution >= 4 is 41.5 Å². The van der Waals surface area contributed by atoms with Gasteiger partial charge in [-0.15, -0.1) is 34.2 Å². The molecule has 0 fully saturated rings. The Labute approximate surface area is 165 Å². The molecule has 1 aromatic heterocycles. The van der Waals surface area contributed by atoms with E-state index in [9.17, 15) is 0 Å². The molecule has 0 spiro atoms. The minimum atomic E-state index is 0.